The van der Waals surface area contributed by atoms with Gasteiger partial charge in [0.25, 0.3) is 0 Å². The lowest BCUT2D eigenvalue weighted by Crippen LogP contribution is -2.64. The average Bonchev–Trinajstić information content (AvgIpc) is 3.24. The average molecular weight is 891 g/mol. The van der Waals surface area contributed by atoms with Crippen LogP contribution in [-0.2, 0) is 32.7 Å². The molecule has 1 rings (SSSR count). The van der Waals surface area contributed by atoms with Crippen LogP contribution in [0.4, 0.5) is 0 Å². The van der Waals surface area contributed by atoms with Crippen molar-refractivity contribution in [2.24, 2.45) is 0 Å². The summed E-state index contributed by atoms with van der Waals surface area (Å²) in [6.07, 6.45) is 26.9. The molecule has 8 atom stereocenters. The minimum Gasteiger partial charge on any atom is -0.462 e. The van der Waals surface area contributed by atoms with Gasteiger partial charge in [0.05, 0.1) is 6.61 Å². The second kappa shape index (κ2) is 37.7. The predicted molar refractivity (Wildman–Crippen MR) is 240 cm³/mol. The molecule has 1 fully saturated rings. The van der Waals surface area contributed by atoms with Crippen LogP contribution in [-0.4, -0.2) is 98.3 Å². The van der Waals surface area contributed by atoms with Crippen LogP contribution in [0.2, 0.25) is 0 Å². The molecule has 13 nitrogen and oxygen atoms in total. The number of aliphatic hydroxyl groups is 5. The van der Waals surface area contributed by atoms with Crippen molar-refractivity contribution in [3.8, 4) is 0 Å². The number of phosphoric ester groups is 1. The fraction of sp³-hybridized carbons (Fsp3) is 0.872. The largest absolute Gasteiger partial charge is 0.472 e. The summed E-state index contributed by atoms with van der Waals surface area (Å²) < 4.78 is 33.6. The first-order valence-electron chi connectivity index (χ1n) is 24.1. The molecule has 1 aliphatic rings. The molecule has 0 bridgehead atoms. The van der Waals surface area contributed by atoms with Gasteiger partial charge in [-0.2, -0.15) is 0 Å². The molecule has 0 aromatic carbocycles. The first kappa shape index (κ1) is 57.3. The molecule has 0 amide bonds. The summed E-state index contributed by atoms with van der Waals surface area (Å²) >= 11 is 0. The Morgan fingerprint density at radius 3 is 1.36 bits per heavy atom. The quantitative estimate of drug-likeness (QED) is 0.0146. The molecule has 358 valence electrons. The number of ether oxygens (including phenoxy) is 2. The molecule has 0 aliphatic heterocycles. The van der Waals surface area contributed by atoms with Crippen molar-refractivity contribution in [1.29, 1.82) is 0 Å². The number of hydrogen-bond donors (Lipinski definition) is 6. The zero-order valence-electron chi connectivity index (χ0n) is 37.8. The maximum absolute atomic E-state index is 12.8. The Morgan fingerprint density at radius 1 is 0.541 bits per heavy atom. The third-order valence-corrected chi connectivity index (χ3v) is 12.4. The number of esters is 2. The number of carbonyl (C=O) groups is 2. The molecule has 0 saturated heterocycles. The van der Waals surface area contributed by atoms with Crippen molar-refractivity contribution in [1.82, 2.24) is 0 Å². The first-order valence-corrected chi connectivity index (χ1v) is 25.6. The Bertz CT molecular complexity index is 1150. The van der Waals surface area contributed by atoms with E-state index in [4.69, 9.17) is 18.5 Å². The Labute approximate surface area is 368 Å². The van der Waals surface area contributed by atoms with Crippen molar-refractivity contribution in [3.63, 3.8) is 0 Å². The monoisotopic (exact) mass is 891 g/mol. The molecule has 0 heterocycles. The van der Waals surface area contributed by atoms with Gasteiger partial charge < -0.3 is 39.9 Å². The van der Waals surface area contributed by atoms with Crippen LogP contribution in [0.1, 0.15) is 206 Å². The van der Waals surface area contributed by atoms with Gasteiger partial charge in [0.2, 0.25) is 0 Å². The fourth-order valence-corrected chi connectivity index (χ4v) is 8.47. The summed E-state index contributed by atoms with van der Waals surface area (Å²) in [5.74, 6) is -1.10. The van der Waals surface area contributed by atoms with Crippen LogP contribution >= 0.6 is 7.82 Å². The zero-order valence-corrected chi connectivity index (χ0v) is 38.7. The number of aliphatic hydroxyl groups excluding tert-OH is 5. The summed E-state index contributed by atoms with van der Waals surface area (Å²) in [6.45, 7) is 4.84. The van der Waals surface area contributed by atoms with Crippen molar-refractivity contribution >= 4 is 19.8 Å². The fourth-order valence-electron chi connectivity index (χ4n) is 7.50. The van der Waals surface area contributed by atoms with Gasteiger partial charge in [-0.15, -0.1) is 6.58 Å². The summed E-state index contributed by atoms with van der Waals surface area (Å²) in [5.41, 5.74) is 0. The molecular formula is C47H87O13P. The number of allylic oxidation sites excluding steroid dienone is 3. The lowest BCUT2D eigenvalue weighted by molar-refractivity contribution is -0.220. The van der Waals surface area contributed by atoms with Gasteiger partial charge in [-0.25, -0.2) is 4.57 Å². The van der Waals surface area contributed by atoms with Gasteiger partial charge in [0.1, 0.15) is 43.2 Å². The standard InChI is InChI=1S/C47H87O13P/c1-3-5-7-9-11-13-15-17-19-20-22-23-25-27-29-31-33-35-40(48)57-37-39(38-58-61(55,56)60-47-45(53)43(51)42(50)44(52)46(47)54)59-41(49)36-34-32-30-28-26-24-21-18-16-14-12-10-8-6-4-2/h4,17,19,39,42-47,50-54H,2-3,5-16,18,20-38H2,1H3,(H,55,56)/b19-17+/t39-,42?,43-,44?,45?,46?,47?/m0/s1. The topological polar surface area (TPSA) is 210 Å². The van der Waals surface area contributed by atoms with Crippen LogP contribution in [0.15, 0.2) is 24.8 Å². The maximum Gasteiger partial charge on any atom is 0.472 e. The molecule has 6 N–H and O–H groups in total. The van der Waals surface area contributed by atoms with E-state index in [0.29, 0.717) is 12.8 Å². The second-order valence-corrected chi connectivity index (χ2v) is 18.5. The predicted octanol–water partition coefficient (Wildman–Crippen LogP) is 9.62. The number of carbonyl (C=O) groups excluding carboxylic acids is 2. The van der Waals surface area contributed by atoms with Crippen LogP contribution in [0.25, 0.3) is 0 Å². The summed E-state index contributed by atoms with van der Waals surface area (Å²) in [4.78, 5) is 35.7. The highest BCUT2D eigenvalue weighted by molar-refractivity contribution is 7.47. The molecular weight excluding hydrogens is 803 g/mol. The Kier molecular flexibility index (Phi) is 35.4. The second-order valence-electron chi connectivity index (χ2n) is 17.0. The molecule has 1 saturated carbocycles. The number of rotatable bonds is 41. The van der Waals surface area contributed by atoms with Crippen molar-refractivity contribution in [2.75, 3.05) is 13.2 Å². The van der Waals surface area contributed by atoms with Gasteiger partial charge >= 0.3 is 19.8 Å². The Morgan fingerprint density at radius 2 is 0.918 bits per heavy atom. The van der Waals surface area contributed by atoms with Crippen molar-refractivity contribution in [3.05, 3.63) is 24.8 Å². The highest BCUT2D eigenvalue weighted by Crippen LogP contribution is 2.47. The van der Waals surface area contributed by atoms with Crippen LogP contribution in [0.3, 0.4) is 0 Å². The molecule has 1 aliphatic carbocycles. The highest BCUT2D eigenvalue weighted by atomic mass is 31.2. The third-order valence-electron chi connectivity index (χ3n) is 11.4. The molecule has 6 unspecified atom stereocenters. The number of unbranched alkanes of at least 4 members (excludes halogenated alkanes) is 26. The van der Waals surface area contributed by atoms with Crippen LogP contribution < -0.4 is 0 Å². The lowest BCUT2D eigenvalue weighted by atomic mass is 9.85. The normalized spacial score (nSPS) is 22.0. The van der Waals surface area contributed by atoms with Gasteiger partial charge in [0, 0.05) is 12.8 Å². The zero-order chi connectivity index (χ0) is 45.0. The minimum absolute atomic E-state index is 0.0963. The molecule has 61 heavy (non-hydrogen) atoms. The van der Waals surface area contributed by atoms with E-state index in [-0.39, 0.29) is 12.8 Å². The smallest absolute Gasteiger partial charge is 0.462 e. The van der Waals surface area contributed by atoms with E-state index in [1.807, 2.05) is 6.08 Å². The SMILES string of the molecule is C=CCCCCCCCCCCCCCCCC(=O)O[C@@H](COC(=O)CCCCCCCCC/C=C/CCCCCCCC)COP(=O)(O)OC1C(O)C(O)C(O)[C@H](O)C1O. The molecule has 0 radical (unpaired) electrons. The number of hydrogen-bond acceptors (Lipinski definition) is 12. The van der Waals surface area contributed by atoms with Gasteiger partial charge in [-0.3, -0.25) is 18.6 Å². The van der Waals surface area contributed by atoms with Crippen molar-refractivity contribution in [2.45, 2.75) is 249 Å². The van der Waals surface area contributed by atoms with E-state index in [0.717, 1.165) is 64.2 Å². The van der Waals surface area contributed by atoms with E-state index in [1.165, 1.54) is 109 Å². The minimum atomic E-state index is -5.12. The van der Waals surface area contributed by atoms with Crippen LogP contribution in [0, 0.1) is 0 Å². The van der Waals surface area contributed by atoms with Crippen molar-refractivity contribution < 1.29 is 63.1 Å². The molecule has 14 heteroatoms. The summed E-state index contributed by atoms with van der Waals surface area (Å²) in [7, 11) is -5.12. The van der Waals surface area contributed by atoms with E-state index in [1.54, 1.807) is 0 Å². The van der Waals surface area contributed by atoms with Crippen LogP contribution in [0.5, 0.6) is 0 Å². The van der Waals surface area contributed by atoms with E-state index >= 15 is 0 Å². The van der Waals surface area contributed by atoms with E-state index < -0.39 is 75.7 Å². The van der Waals surface area contributed by atoms with Gasteiger partial charge in [0.15, 0.2) is 6.10 Å². The summed E-state index contributed by atoms with van der Waals surface area (Å²) in [6, 6.07) is 0. The lowest BCUT2D eigenvalue weighted by Gasteiger charge is -2.41. The van der Waals surface area contributed by atoms with Gasteiger partial charge in [-0.05, 0) is 51.4 Å². The molecule has 0 aromatic heterocycles. The van der Waals surface area contributed by atoms with E-state index in [2.05, 4.69) is 25.7 Å². The molecule has 0 spiro atoms. The maximum atomic E-state index is 12.8. The third kappa shape index (κ3) is 30.2. The Balaban J connectivity index is 2.42. The number of phosphoric acid groups is 1. The summed E-state index contributed by atoms with van der Waals surface area (Å²) in [5, 5.41) is 50.2. The highest BCUT2D eigenvalue weighted by Gasteiger charge is 2.51. The Hall–Kier alpha value is -1.67. The first-order chi connectivity index (χ1) is 29.4. The van der Waals surface area contributed by atoms with E-state index in [9.17, 15) is 44.6 Å². The van der Waals surface area contributed by atoms with Gasteiger partial charge in [-0.1, -0.05) is 160 Å². The molecule has 0 aromatic rings.